The first-order chi connectivity index (χ1) is 27.9. The fourth-order valence-electron chi connectivity index (χ4n) is 10.1. The minimum absolute atomic E-state index is 0.231. The SMILES string of the molecule is CC[C@H]1OC(=O)[C@@H](C)C(=O)[C@@H](C)[C@H](O[C@H]2O[C@@H](C)C[C@@H](N(C)C)[C@@H]2O)C(C)(OC)C[C@@H](C)C2=NN(CCCc3ccnc4cc(OC)ccc34)N3C(=O)O[C@@]1(C)[C@H]3[C@@H]2C. The number of Topliss-reactive ketones (excluding diaryl/α,β-unsaturated/α-hetero) is 1. The molecule has 0 saturated carbocycles. The van der Waals surface area contributed by atoms with Crippen molar-refractivity contribution in [1.29, 1.82) is 0 Å². The number of hydrazine groups is 1. The summed E-state index contributed by atoms with van der Waals surface area (Å²) in [5.41, 5.74) is 0.326. The number of cyclic esters (lactones) is 1. The van der Waals surface area contributed by atoms with Crippen LogP contribution in [0.1, 0.15) is 86.6 Å². The molecule has 3 fully saturated rings. The fourth-order valence-corrected chi connectivity index (χ4v) is 10.1. The zero-order valence-electron chi connectivity index (χ0n) is 36.8. The number of aliphatic hydroxyl groups is 1. The normalized spacial score (nSPS) is 36.9. The predicted molar refractivity (Wildman–Crippen MR) is 220 cm³/mol. The number of methoxy groups -OCH3 is 2. The number of pyridine rings is 1. The number of hydrazone groups is 1. The van der Waals surface area contributed by atoms with E-state index in [4.69, 9.17) is 33.5 Å². The number of ketones is 1. The maximum Gasteiger partial charge on any atom is 0.431 e. The summed E-state index contributed by atoms with van der Waals surface area (Å²) in [6, 6.07) is 7.01. The largest absolute Gasteiger partial charge is 0.497 e. The highest BCUT2D eigenvalue weighted by atomic mass is 16.7. The average Bonchev–Trinajstić information content (AvgIpc) is 3.49. The number of fused-ring (bicyclic) bond motifs is 2. The number of benzene rings is 1. The van der Waals surface area contributed by atoms with Gasteiger partial charge in [-0.2, -0.15) is 15.2 Å². The number of hydrogen-bond acceptors (Lipinski definition) is 14. The van der Waals surface area contributed by atoms with Crippen molar-refractivity contribution in [2.24, 2.45) is 28.8 Å². The number of aromatic nitrogens is 1. The molecule has 6 rings (SSSR count). The summed E-state index contributed by atoms with van der Waals surface area (Å²) in [5.74, 6) is -3.07. The highest BCUT2D eigenvalue weighted by Gasteiger charge is 2.63. The number of nitrogens with zero attached hydrogens (tertiary/aromatic N) is 5. The van der Waals surface area contributed by atoms with Crippen LogP contribution < -0.4 is 4.74 Å². The Hall–Kier alpha value is -3.89. The Morgan fingerprint density at radius 3 is 2.42 bits per heavy atom. The molecule has 1 aromatic carbocycles. The molecule has 2 bridgehead atoms. The number of rotatable bonds is 10. The van der Waals surface area contributed by atoms with Crippen LogP contribution in [0.2, 0.25) is 0 Å². The Morgan fingerprint density at radius 2 is 1.76 bits per heavy atom. The third kappa shape index (κ3) is 8.42. The lowest BCUT2D eigenvalue weighted by Crippen LogP contribution is -2.63. The van der Waals surface area contributed by atoms with Crippen molar-refractivity contribution in [3.8, 4) is 5.75 Å². The first kappa shape index (κ1) is 44.7. The molecule has 4 aliphatic heterocycles. The number of aryl methyl sites for hydroxylation is 1. The summed E-state index contributed by atoms with van der Waals surface area (Å²) in [5, 5.41) is 21.1. The van der Waals surface area contributed by atoms with Crippen molar-refractivity contribution in [2.75, 3.05) is 34.9 Å². The van der Waals surface area contributed by atoms with Crippen LogP contribution in [0.4, 0.5) is 4.79 Å². The van der Waals surface area contributed by atoms with Crippen LogP contribution in [-0.4, -0.2) is 138 Å². The number of esters is 1. The van der Waals surface area contributed by atoms with Crippen LogP contribution in [0.25, 0.3) is 10.9 Å². The molecule has 13 atom stereocenters. The average molecular weight is 824 g/mol. The summed E-state index contributed by atoms with van der Waals surface area (Å²) in [6.45, 7) is 15.3. The van der Waals surface area contributed by atoms with Gasteiger partial charge in [-0.05, 0) is 104 Å². The van der Waals surface area contributed by atoms with E-state index in [-0.39, 0.29) is 24.0 Å². The van der Waals surface area contributed by atoms with Crippen molar-refractivity contribution in [2.45, 2.75) is 141 Å². The molecule has 326 valence electrons. The Morgan fingerprint density at radius 1 is 1.03 bits per heavy atom. The van der Waals surface area contributed by atoms with E-state index in [1.54, 1.807) is 37.5 Å². The number of hydrogen-bond donors (Lipinski definition) is 1. The van der Waals surface area contributed by atoms with Crippen LogP contribution in [0.5, 0.6) is 5.75 Å². The predicted octanol–water partition coefficient (Wildman–Crippen LogP) is 5.40. The van der Waals surface area contributed by atoms with Crippen LogP contribution >= 0.6 is 0 Å². The molecule has 0 spiro atoms. The molecule has 59 heavy (non-hydrogen) atoms. The van der Waals surface area contributed by atoms with Gasteiger partial charge in [0.1, 0.15) is 29.9 Å². The number of aliphatic hydroxyl groups excluding tert-OH is 1. The summed E-state index contributed by atoms with van der Waals surface area (Å²) in [6.07, 6.45) is -0.331. The summed E-state index contributed by atoms with van der Waals surface area (Å²) < 4.78 is 37.2. The van der Waals surface area contributed by atoms with Crippen LogP contribution in [0, 0.1) is 23.7 Å². The highest BCUT2D eigenvalue weighted by molar-refractivity contribution is 6.00. The van der Waals surface area contributed by atoms with Gasteiger partial charge in [0.05, 0.1) is 37.0 Å². The van der Waals surface area contributed by atoms with Crippen LogP contribution in [0.3, 0.4) is 0 Å². The van der Waals surface area contributed by atoms with Gasteiger partial charge in [-0.25, -0.2) is 4.79 Å². The molecule has 1 unspecified atom stereocenters. The van der Waals surface area contributed by atoms with E-state index in [1.165, 1.54) is 6.92 Å². The number of ether oxygens (including phenoxy) is 6. The van der Waals surface area contributed by atoms with E-state index >= 15 is 0 Å². The molecule has 3 saturated heterocycles. The lowest BCUT2D eigenvalue weighted by molar-refractivity contribution is -0.295. The van der Waals surface area contributed by atoms with Gasteiger partial charge in [0.2, 0.25) is 0 Å². The van der Waals surface area contributed by atoms with E-state index in [2.05, 4.69) is 11.9 Å². The van der Waals surface area contributed by atoms with Gasteiger partial charge < -0.3 is 38.4 Å². The molecule has 4 aliphatic rings. The zero-order chi connectivity index (χ0) is 43.1. The molecule has 1 aromatic heterocycles. The van der Waals surface area contributed by atoms with Gasteiger partial charge in [-0.3, -0.25) is 14.6 Å². The molecule has 15 nitrogen and oxygen atoms in total. The second-order valence-corrected chi connectivity index (χ2v) is 17.7. The van der Waals surface area contributed by atoms with E-state index in [9.17, 15) is 19.5 Å². The maximum absolute atomic E-state index is 14.4. The Bertz CT molecular complexity index is 1890. The maximum atomic E-state index is 14.4. The standard InChI is InChI=1S/C44H65N5O10/c1-13-34-44(8)38-26(4)35(46-48(49(38)42(53)59-44)20-14-15-29-18-19-45-32-22-30(54-11)16-17-31(29)32)24(2)23-43(7,55-12)39(27(5)36(50)28(6)40(52)57-34)58-41-37(51)33(47(9)10)21-25(3)56-41/h16-19,22,24-28,33-34,37-39,41,51H,13-15,20-21,23H2,1-12H3/t24-,25+,26-,27-,28+,33-,34-,37+,38-,39+,41-,43?,44-/m1/s1. The number of amides is 1. The molecule has 0 aliphatic carbocycles. The summed E-state index contributed by atoms with van der Waals surface area (Å²) in [7, 11) is 7.01. The van der Waals surface area contributed by atoms with Gasteiger partial charge in [0, 0.05) is 48.3 Å². The Labute approximate surface area is 348 Å². The summed E-state index contributed by atoms with van der Waals surface area (Å²) in [4.78, 5) is 49.0. The topological polar surface area (TPSA) is 162 Å². The molecule has 15 heteroatoms. The zero-order valence-corrected chi connectivity index (χ0v) is 36.8. The second kappa shape index (κ2) is 17.6. The molecule has 1 N–H and O–H groups in total. The molecular weight excluding hydrogens is 759 g/mol. The lowest BCUT2D eigenvalue weighted by atomic mass is 9.73. The first-order valence-electron chi connectivity index (χ1n) is 21.1. The fraction of sp³-hybridized carbons (Fsp3) is 0.705. The third-order valence-electron chi connectivity index (χ3n) is 13.4. The van der Waals surface area contributed by atoms with E-state index in [0.717, 1.165) is 27.9 Å². The van der Waals surface area contributed by atoms with E-state index in [1.807, 2.05) is 77.9 Å². The van der Waals surface area contributed by atoms with Crippen molar-refractivity contribution in [1.82, 2.24) is 20.0 Å². The van der Waals surface area contributed by atoms with Gasteiger partial charge in [-0.15, -0.1) is 0 Å². The lowest BCUT2D eigenvalue weighted by Gasteiger charge is -2.49. The van der Waals surface area contributed by atoms with Crippen molar-refractivity contribution in [3.05, 3.63) is 36.0 Å². The quantitative estimate of drug-likeness (QED) is 0.240. The minimum Gasteiger partial charge on any atom is -0.497 e. The molecular formula is C44H65N5O10. The van der Waals surface area contributed by atoms with Gasteiger partial charge in [-0.1, -0.05) is 27.7 Å². The monoisotopic (exact) mass is 823 g/mol. The van der Waals surface area contributed by atoms with E-state index < -0.39 is 71.5 Å². The molecule has 5 heterocycles. The van der Waals surface area contributed by atoms with Crippen molar-refractivity contribution < 1.29 is 47.9 Å². The smallest absolute Gasteiger partial charge is 0.431 e. The highest BCUT2D eigenvalue weighted by Crippen LogP contribution is 2.46. The molecule has 0 radical (unpaired) electrons. The number of carbonyl (C=O) groups is 3. The molecule has 2 aromatic rings. The summed E-state index contributed by atoms with van der Waals surface area (Å²) >= 11 is 0. The minimum atomic E-state index is -1.27. The second-order valence-electron chi connectivity index (χ2n) is 17.7. The number of likely N-dealkylation sites (N-methyl/N-ethyl adjacent to an activating group) is 1. The number of carbonyl (C=O) groups excluding carboxylic acids is 3. The Balaban J connectivity index is 1.39. The van der Waals surface area contributed by atoms with Crippen LogP contribution in [-0.2, 0) is 39.7 Å². The van der Waals surface area contributed by atoms with Crippen molar-refractivity contribution >= 4 is 34.5 Å². The van der Waals surface area contributed by atoms with E-state index in [0.29, 0.717) is 38.6 Å². The van der Waals surface area contributed by atoms with Crippen molar-refractivity contribution in [3.63, 3.8) is 0 Å². The van der Waals surface area contributed by atoms with Crippen LogP contribution in [0.15, 0.2) is 35.6 Å². The van der Waals surface area contributed by atoms with Gasteiger partial charge in [0.15, 0.2) is 17.7 Å². The third-order valence-corrected chi connectivity index (χ3v) is 13.4. The van der Waals surface area contributed by atoms with Gasteiger partial charge >= 0.3 is 12.1 Å². The first-order valence-corrected chi connectivity index (χ1v) is 21.1. The van der Waals surface area contributed by atoms with Gasteiger partial charge in [0.25, 0.3) is 0 Å². The molecule has 1 amide bonds. The Kier molecular flexibility index (Phi) is 13.3.